The SMILES string of the molecule is C[C@@]12CCC[C@@H]1[C@H]1CC[C@H]3CC4(CC[C@]3(C)[C@@H]1CC2)OCCO4. The summed E-state index contributed by atoms with van der Waals surface area (Å²) in [7, 11) is 0. The van der Waals surface area contributed by atoms with Gasteiger partial charge in [0.1, 0.15) is 0 Å². The summed E-state index contributed by atoms with van der Waals surface area (Å²) < 4.78 is 12.1. The Morgan fingerprint density at radius 2 is 1.61 bits per heavy atom. The molecule has 1 heterocycles. The van der Waals surface area contributed by atoms with Gasteiger partial charge in [0, 0.05) is 12.8 Å². The molecule has 0 aromatic rings. The fraction of sp³-hybridized carbons (Fsp3) is 1.00. The highest BCUT2D eigenvalue weighted by molar-refractivity contribution is 5.08. The zero-order valence-corrected chi connectivity index (χ0v) is 15.1. The van der Waals surface area contributed by atoms with Crippen LogP contribution in [0.3, 0.4) is 0 Å². The molecule has 23 heavy (non-hydrogen) atoms. The fourth-order valence-electron chi connectivity index (χ4n) is 7.95. The summed E-state index contributed by atoms with van der Waals surface area (Å²) in [4.78, 5) is 0. The van der Waals surface area contributed by atoms with Gasteiger partial charge >= 0.3 is 0 Å². The molecule has 0 radical (unpaired) electrons. The predicted octanol–water partition coefficient (Wildman–Crippen LogP) is 5.16. The lowest BCUT2D eigenvalue weighted by molar-refractivity contribution is -0.229. The molecule has 0 unspecified atom stereocenters. The van der Waals surface area contributed by atoms with Gasteiger partial charge < -0.3 is 9.47 Å². The van der Waals surface area contributed by atoms with Crippen molar-refractivity contribution >= 4 is 0 Å². The van der Waals surface area contributed by atoms with Gasteiger partial charge in [-0.3, -0.25) is 0 Å². The normalized spacial score (nSPS) is 54.5. The van der Waals surface area contributed by atoms with Crippen molar-refractivity contribution in [1.29, 1.82) is 0 Å². The topological polar surface area (TPSA) is 18.5 Å². The van der Waals surface area contributed by atoms with Gasteiger partial charge in [0.2, 0.25) is 0 Å². The molecule has 4 aliphatic carbocycles. The summed E-state index contributed by atoms with van der Waals surface area (Å²) in [6.07, 6.45) is 14.1. The van der Waals surface area contributed by atoms with Crippen LogP contribution in [0.25, 0.3) is 0 Å². The molecule has 4 saturated carbocycles. The van der Waals surface area contributed by atoms with Crippen LogP contribution in [-0.2, 0) is 9.47 Å². The molecule has 0 aromatic carbocycles. The monoisotopic (exact) mass is 318 g/mol. The molecule has 5 rings (SSSR count). The summed E-state index contributed by atoms with van der Waals surface area (Å²) >= 11 is 0. The molecule has 0 amide bonds. The van der Waals surface area contributed by atoms with Crippen LogP contribution in [0.4, 0.5) is 0 Å². The van der Waals surface area contributed by atoms with Crippen molar-refractivity contribution in [2.45, 2.75) is 83.8 Å². The second kappa shape index (κ2) is 4.97. The third-order valence-electron chi connectivity index (χ3n) is 9.26. The largest absolute Gasteiger partial charge is 0.348 e. The standard InChI is InChI=1S/C21H34O2/c1-19-8-3-4-17(19)16-6-5-15-14-21(22-12-13-23-21)11-10-20(15,2)18(16)7-9-19/h15-18H,3-14H2,1-2H3/t15-,16+,17+,18+,19-,20-/m0/s1. The molecule has 6 atom stereocenters. The first-order valence-corrected chi connectivity index (χ1v) is 10.3. The van der Waals surface area contributed by atoms with E-state index in [9.17, 15) is 0 Å². The van der Waals surface area contributed by atoms with E-state index in [-0.39, 0.29) is 5.79 Å². The molecule has 0 aromatic heterocycles. The van der Waals surface area contributed by atoms with Gasteiger partial charge in [-0.05, 0) is 79.4 Å². The van der Waals surface area contributed by atoms with Gasteiger partial charge in [-0.25, -0.2) is 0 Å². The minimum atomic E-state index is -0.187. The zero-order chi connectivity index (χ0) is 15.7. The Balaban J connectivity index is 1.41. The molecule has 0 bridgehead atoms. The van der Waals surface area contributed by atoms with Crippen molar-refractivity contribution in [3.63, 3.8) is 0 Å². The lowest BCUT2D eigenvalue weighted by Crippen LogP contribution is -2.55. The molecule has 0 N–H and O–H groups in total. The van der Waals surface area contributed by atoms with E-state index in [4.69, 9.17) is 9.47 Å². The van der Waals surface area contributed by atoms with Crippen LogP contribution in [-0.4, -0.2) is 19.0 Å². The average molecular weight is 319 g/mol. The number of rotatable bonds is 0. The van der Waals surface area contributed by atoms with E-state index in [0.29, 0.717) is 10.8 Å². The van der Waals surface area contributed by atoms with Crippen molar-refractivity contribution in [2.24, 2.45) is 34.5 Å². The summed E-state index contributed by atoms with van der Waals surface area (Å²) in [5, 5.41) is 0. The van der Waals surface area contributed by atoms with Crippen LogP contribution in [0.15, 0.2) is 0 Å². The van der Waals surface area contributed by atoms with Crippen molar-refractivity contribution in [2.75, 3.05) is 13.2 Å². The van der Waals surface area contributed by atoms with E-state index >= 15 is 0 Å². The Labute approximate surface area is 141 Å². The number of fused-ring (bicyclic) bond motifs is 5. The summed E-state index contributed by atoms with van der Waals surface area (Å²) in [6, 6.07) is 0. The van der Waals surface area contributed by atoms with Crippen molar-refractivity contribution in [3.05, 3.63) is 0 Å². The minimum absolute atomic E-state index is 0.187. The maximum absolute atomic E-state index is 6.07. The number of hydrogen-bond donors (Lipinski definition) is 0. The Kier molecular flexibility index (Phi) is 3.29. The Bertz CT molecular complexity index is 482. The third-order valence-corrected chi connectivity index (χ3v) is 9.26. The van der Waals surface area contributed by atoms with E-state index in [1.165, 1.54) is 57.8 Å². The van der Waals surface area contributed by atoms with Gasteiger partial charge in [0.05, 0.1) is 13.2 Å². The highest BCUT2D eigenvalue weighted by Crippen LogP contribution is 2.67. The van der Waals surface area contributed by atoms with Crippen molar-refractivity contribution in [3.8, 4) is 0 Å². The average Bonchev–Trinajstić information content (AvgIpc) is 3.15. The smallest absolute Gasteiger partial charge is 0.168 e. The molecule has 5 aliphatic rings. The van der Waals surface area contributed by atoms with Crippen molar-refractivity contribution in [1.82, 2.24) is 0 Å². The molecular weight excluding hydrogens is 284 g/mol. The number of hydrogen-bond acceptors (Lipinski definition) is 2. The highest BCUT2D eigenvalue weighted by atomic mass is 16.7. The lowest BCUT2D eigenvalue weighted by atomic mass is 9.45. The van der Waals surface area contributed by atoms with Crippen LogP contribution in [0.2, 0.25) is 0 Å². The first kappa shape index (κ1) is 15.2. The van der Waals surface area contributed by atoms with Gasteiger partial charge in [0.25, 0.3) is 0 Å². The van der Waals surface area contributed by atoms with E-state index in [0.717, 1.165) is 43.3 Å². The molecule has 130 valence electrons. The molecule has 2 heteroatoms. The Hall–Kier alpha value is -0.0800. The van der Waals surface area contributed by atoms with Crippen LogP contribution >= 0.6 is 0 Å². The van der Waals surface area contributed by atoms with Gasteiger partial charge in [0.15, 0.2) is 5.79 Å². The molecule has 5 fully saturated rings. The van der Waals surface area contributed by atoms with E-state index in [1.807, 2.05) is 0 Å². The summed E-state index contributed by atoms with van der Waals surface area (Å²) in [5.41, 5.74) is 1.26. The summed E-state index contributed by atoms with van der Waals surface area (Å²) in [5.74, 6) is 3.69. The molecular formula is C21H34O2. The minimum Gasteiger partial charge on any atom is -0.348 e. The first-order chi connectivity index (χ1) is 11.0. The van der Waals surface area contributed by atoms with Crippen LogP contribution in [0.5, 0.6) is 0 Å². The predicted molar refractivity (Wildman–Crippen MR) is 91.0 cm³/mol. The quantitative estimate of drug-likeness (QED) is 0.614. The molecule has 2 nitrogen and oxygen atoms in total. The van der Waals surface area contributed by atoms with E-state index in [1.54, 1.807) is 0 Å². The number of ether oxygens (including phenoxy) is 2. The fourth-order valence-corrected chi connectivity index (χ4v) is 7.95. The van der Waals surface area contributed by atoms with Gasteiger partial charge in [-0.1, -0.05) is 20.3 Å². The maximum Gasteiger partial charge on any atom is 0.168 e. The highest BCUT2D eigenvalue weighted by Gasteiger charge is 2.60. The molecule has 1 saturated heterocycles. The Morgan fingerprint density at radius 1 is 0.783 bits per heavy atom. The van der Waals surface area contributed by atoms with Gasteiger partial charge in [-0.15, -0.1) is 0 Å². The van der Waals surface area contributed by atoms with Crippen LogP contribution in [0, 0.1) is 34.5 Å². The van der Waals surface area contributed by atoms with Crippen LogP contribution < -0.4 is 0 Å². The lowest BCUT2D eigenvalue weighted by Gasteiger charge is -2.61. The third kappa shape index (κ3) is 2.06. The molecule has 1 spiro atoms. The van der Waals surface area contributed by atoms with E-state index < -0.39 is 0 Å². The maximum atomic E-state index is 6.07. The van der Waals surface area contributed by atoms with E-state index in [2.05, 4.69) is 13.8 Å². The second-order valence-electron chi connectivity index (χ2n) is 10.1. The second-order valence-corrected chi connectivity index (χ2v) is 10.1. The first-order valence-electron chi connectivity index (χ1n) is 10.3. The summed E-state index contributed by atoms with van der Waals surface area (Å²) in [6.45, 7) is 6.89. The molecule has 1 aliphatic heterocycles. The van der Waals surface area contributed by atoms with Crippen molar-refractivity contribution < 1.29 is 9.47 Å². The van der Waals surface area contributed by atoms with Gasteiger partial charge in [-0.2, -0.15) is 0 Å². The zero-order valence-electron chi connectivity index (χ0n) is 15.1. The van der Waals surface area contributed by atoms with Crippen LogP contribution in [0.1, 0.15) is 78.1 Å². The Morgan fingerprint density at radius 3 is 2.43 bits per heavy atom.